The van der Waals surface area contributed by atoms with Crippen molar-refractivity contribution in [3.63, 3.8) is 0 Å². The standard InChI is InChI=1S/C19H26F3N3O/c1-4-23-5-7-24(8-6-23)11-14-9-15-16(17(10-14)19(20,21)22)12-25(13(2)3)18(15)26/h9-10,13H,4-8,11-12H2,1-3H3. The summed E-state index contributed by atoms with van der Waals surface area (Å²) in [5.41, 5.74) is 0.250. The lowest BCUT2D eigenvalue weighted by atomic mass is 9.98. The van der Waals surface area contributed by atoms with Gasteiger partial charge < -0.3 is 9.80 Å². The topological polar surface area (TPSA) is 26.8 Å². The minimum atomic E-state index is -4.45. The van der Waals surface area contributed by atoms with E-state index in [1.165, 1.54) is 11.0 Å². The van der Waals surface area contributed by atoms with Crippen LogP contribution in [0, 0.1) is 0 Å². The smallest absolute Gasteiger partial charge is 0.332 e. The van der Waals surface area contributed by atoms with Gasteiger partial charge in [0.15, 0.2) is 0 Å². The quantitative estimate of drug-likeness (QED) is 0.816. The first-order chi connectivity index (χ1) is 12.2. The number of halogens is 3. The van der Waals surface area contributed by atoms with Gasteiger partial charge in [-0.1, -0.05) is 6.92 Å². The van der Waals surface area contributed by atoms with Gasteiger partial charge in [0.2, 0.25) is 0 Å². The van der Waals surface area contributed by atoms with E-state index in [4.69, 9.17) is 0 Å². The van der Waals surface area contributed by atoms with Gasteiger partial charge in [-0.15, -0.1) is 0 Å². The van der Waals surface area contributed by atoms with E-state index in [1.54, 1.807) is 6.07 Å². The summed E-state index contributed by atoms with van der Waals surface area (Å²) in [6.07, 6.45) is -4.45. The van der Waals surface area contributed by atoms with Crippen LogP contribution in [-0.2, 0) is 19.3 Å². The molecule has 4 nitrogen and oxygen atoms in total. The summed E-state index contributed by atoms with van der Waals surface area (Å²) in [6, 6.07) is 2.78. The number of likely N-dealkylation sites (N-methyl/N-ethyl adjacent to an activating group) is 1. The molecule has 2 aliphatic heterocycles. The first-order valence-electron chi connectivity index (χ1n) is 9.19. The zero-order chi connectivity index (χ0) is 19.1. The molecule has 0 bridgehead atoms. The summed E-state index contributed by atoms with van der Waals surface area (Å²) in [5, 5.41) is 0. The Hall–Kier alpha value is -1.60. The van der Waals surface area contributed by atoms with Crippen LogP contribution in [0.5, 0.6) is 0 Å². The molecule has 1 aromatic rings. The number of fused-ring (bicyclic) bond motifs is 1. The molecule has 26 heavy (non-hydrogen) atoms. The molecule has 1 fully saturated rings. The normalized spacial score (nSPS) is 19.5. The number of nitrogens with zero attached hydrogens (tertiary/aromatic N) is 3. The van der Waals surface area contributed by atoms with Crippen molar-refractivity contribution in [1.82, 2.24) is 14.7 Å². The predicted molar refractivity (Wildman–Crippen MR) is 93.8 cm³/mol. The molecule has 0 atom stereocenters. The number of carbonyl (C=O) groups is 1. The number of benzene rings is 1. The Kier molecular flexibility index (Phi) is 5.30. The molecule has 0 saturated carbocycles. The molecule has 3 rings (SSSR count). The fourth-order valence-electron chi connectivity index (χ4n) is 3.77. The van der Waals surface area contributed by atoms with Crippen molar-refractivity contribution in [2.45, 2.75) is 46.1 Å². The Bertz CT molecular complexity index is 679. The zero-order valence-electron chi connectivity index (χ0n) is 15.6. The third-order valence-corrected chi connectivity index (χ3v) is 5.38. The number of piperazine rings is 1. The maximum Gasteiger partial charge on any atom is 0.416 e. The number of alkyl halides is 3. The largest absolute Gasteiger partial charge is 0.416 e. The molecule has 1 amide bonds. The van der Waals surface area contributed by atoms with Crippen LogP contribution in [0.25, 0.3) is 0 Å². The van der Waals surface area contributed by atoms with Crippen molar-refractivity contribution in [3.8, 4) is 0 Å². The molecule has 2 aliphatic rings. The summed E-state index contributed by atoms with van der Waals surface area (Å²) < 4.78 is 40.8. The fourth-order valence-corrected chi connectivity index (χ4v) is 3.77. The van der Waals surface area contributed by atoms with Crippen LogP contribution in [-0.4, -0.2) is 59.4 Å². The SMILES string of the molecule is CCN1CCN(Cc2cc3c(c(C(F)(F)F)c2)CN(C(C)C)C3=O)CC1. The van der Waals surface area contributed by atoms with E-state index in [1.807, 2.05) is 13.8 Å². The first-order valence-corrected chi connectivity index (χ1v) is 9.19. The lowest BCUT2D eigenvalue weighted by Gasteiger charge is -2.34. The Morgan fingerprint density at radius 2 is 1.69 bits per heavy atom. The highest BCUT2D eigenvalue weighted by Crippen LogP contribution is 2.38. The third-order valence-electron chi connectivity index (χ3n) is 5.38. The molecule has 0 aliphatic carbocycles. The summed E-state index contributed by atoms with van der Waals surface area (Å²) in [6.45, 7) is 10.7. The summed E-state index contributed by atoms with van der Waals surface area (Å²) in [5.74, 6) is -0.293. The van der Waals surface area contributed by atoms with Crippen LogP contribution in [0.1, 0.15) is 47.8 Å². The third kappa shape index (κ3) is 3.74. The van der Waals surface area contributed by atoms with Gasteiger partial charge in [-0.2, -0.15) is 13.2 Å². The fraction of sp³-hybridized carbons (Fsp3) is 0.632. The van der Waals surface area contributed by atoms with Crippen molar-refractivity contribution >= 4 is 5.91 Å². The van der Waals surface area contributed by atoms with Crippen molar-refractivity contribution in [1.29, 1.82) is 0 Å². The van der Waals surface area contributed by atoms with E-state index >= 15 is 0 Å². The second kappa shape index (κ2) is 7.19. The highest BCUT2D eigenvalue weighted by Gasteiger charge is 2.40. The molecule has 0 radical (unpaired) electrons. The highest BCUT2D eigenvalue weighted by atomic mass is 19.4. The van der Waals surface area contributed by atoms with Gasteiger partial charge in [-0.05, 0) is 43.7 Å². The minimum absolute atomic E-state index is 0.0378. The molecule has 0 spiro atoms. The van der Waals surface area contributed by atoms with Crippen molar-refractivity contribution in [2.75, 3.05) is 32.7 Å². The summed E-state index contributed by atoms with van der Waals surface area (Å²) >= 11 is 0. The molecule has 0 N–H and O–H groups in total. The second-order valence-corrected chi connectivity index (χ2v) is 7.40. The van der Waals surface area contributed by atoms with E-state index in [-0.39, 0.29) is 29.6 Å². The molecule has 0 unspecified atom stereocenters. The lowest BCUT2D eigenvalue weighted by molar-refractivity contribution is -0.138. The number of hydrogen-bond donors (Lipinski definition) is 0. The lowest BCUT2D eigenvalue weighted by Crippen LogP contribution is -2.45. The molecule has 7 heteroatoms. The van der Waals surface area contributed by atoms with Gasteiger partial charge in [-0.25, -0.2) is 0 Å². The molecular formula is C19H26F3N3O. The van der Waals surface area contributed by atoms with Crippen LogP contribution >= 0.6 is 0 Å². The van der Waals surface area contributed by atoms with E-state index < -0.39 is 11.7 Å². The van der Waals surface area contributed by atoms with Gasteiger partial charge in [0, 0.05) is 50.9 Å². The minimum Gasteiger partial charge on any atom is -0.332 e. The first kappa shape index (κ1) is 19.2. The van der Waals surface area contributed by atoms with Crippen molar-refractivity contribution < 1.29 is 18.0 Å². The maximum atomic E-state index is 13.6. The summed E-state index contributed by atoms with van der Waals surface area (Å²) in [4.78, 5) is 18.6. The Morgan fingerprint density at radius 1 is 1.08 bits per heavy atom. The van der Waals surface area contributed by atoms with Crippen LogP contribution < -0.4 is 0 Å². The monoisotopic (exact) mass is 369 g/mol. The van der Waals surface area contributed by atoms with Gasteiger partial charge >= 0.3 is 6.18 Å². The van der Waals surface area contributed by atoms with Gasteiger partial charge in [-0.3, -0.25) is 9.69 Å². The Morgan fingerprint density at radius 3 is 2.23 bits per heavy atom. The molecule has 144 valence electrons. The zero-order valence-corrected chi connectivity index (χ0v) is 15.6. The molecule has 0 aromatic heterocycles. The average molecular weight is 369 g/mol. The molecular weight excluding hydrogens is 343 g/mol. The maximum absolute atomic E-state index is 13.6. The number of carbonyl (C=O) groups excluding carboxylic acids is 1. The Balaban J connectivity index is 1.88. The second-order valence-electron chi connectivity index (χ2n) is 7.40. The predicted octanol–water partition coefficient (Wildman–Crippen LogP) is 3.21. The van der Waals surface area contributed by atoms with Gasteiger partial charge in [0.25, 0.3) is 5.91 Å². The molecule has 2 heterocycles. The van der Waals surface area contributed by atoms with Crippen LogP contribution in [0.15, 0.2) is 12.1 Å². The van der Waals surface area contributed by atoms with E-state index in [2.05, 4.69) is 16.7 Å². The number of rotatable bonds is 4. The molecule has 1 saturated heterocycles. The van der Waals surface area contributed by atoms with E-state index in [9.17, 15) is 18.0 Å². The van der Waals surface area contributed by atoms with Crippen LogP contribution in [0.3, 0.4) is 0 Å². The van der Waals surface area contributed by atoms with Crippen LogP contribution in [0.2, 0.25) is 0 Å². The Labute approximate surface area is 152 Å². The molecule has 1 aromatic carbocycles. The van der Waals surface area contributed by atoms with Gasteiger partial charge in [0.1, 0.15) is 0 Å². The number of amides is 1. The number of hydrogen-bond acceptors (Lipinski definition) is 3. The van der Waals surface area contributed by atoms with Gasteiger partial charge in [0.05, 0.1) is 5.56 Å². The van der Waals surface area contributed by atoms with Crippen LogP contribution in [0.4, 0.5) is 13.2 Å². The van der Waals surface area contributed by atoms with Crippen molar-refractivity contribution in [2.24, 2.45) is 0 Å². The highest BCUT2D eigenvalue weighted by molar-refractivity contribution is 5.99. The summed E-state index contributed by atoms with van der Waals surface area (Å²) in [7, 11) is 0. The van der Waals surface area contributed by atoms with E-state index in [0.717, 1.165) is 32.7 Å². The average Bonchev–Trinajstić information content (AvgIpc) is 2.91. The van der Waals surface area contributed by atoms with Crippen molar-refractivity contribution in [3.05, 3.63) is 34.4 Å². The van der Waals surface area contributed by atoms with E-state index in [0.29, 0.717) is 12.1 Å².